The molecule has 34 heavy (non-hydrogen) atoms. The van der Waals surface area contributed by atoms with Gasteiger partial charge in [-0.1, -0.05) is 6.42 Å². The number of hydrogen-bond donors (Lipinski definition) is 0. The fourth-order valence-electron chi connectivity index (χ4n) is 4.82. The SMILES string of the molecule is Cc1cc(C)n(CCCCC(=O)c2cc(S(=O)(=O)N3CCCCC3)ccc2N2CCOCC2)n1. The van der Waals surface area contributed by atoms with Crippen LogP contribution >= 0.6 is 0 Å². The summed E-state index contributed by atoms with van der Waals surface area (Å²) >= 11 is 0. The van der Waals surface area contributed by atoms with Crippen molar-refractivity contribution in [2.45, 2.75) is 63.8 Å². The van der Waals surface area contributed by atoms with Gasteiger partial charge in [0.15, 0.2) is 5.78 Å². The van der Waals surface area contributed by atoms with Crippen LogP contribution in [0, 0.1) is 13.8 Å². The molecule has 0 atom stereocenters. The second-order valence-electron chi connectivity index (χ2n) is 9.27. The minimum Gasteiger partial charge on any atom is -0.378 e. The number of Topliss-reactive ketones (excluding diaryl/α,β-unsaturated/α-hetero) is 1. The molecule has 0 bridgehead atoms. The third kappa shape index (κ3) is 5.70. The zero-order valence-corrected chi connectivity index (χ0v) is 21.1. The first kappa shape index (κ1) is 24.9. The van der Waals surface area contributed by atoms with Gasteiger partial charge in [-0.05, 0) is 63.8 Å². The molecule has 1 aromatic carbocycles. The second-order valence-corrected chi connectivity index (χ2v) is 11.2. The fourth-order valence-corrected chi connectivity index (χ4v) is 6.36. The number of ether oxygens (including phenoxy) is 1. The molecule has 0 aliphatic carbocycles. The Bertz CT molecular complexity index is 1100. The highest BCUT2D eigenvalue weighted by molar-refractivity contribution is 7.89. The Labute approximate surface area is 202 Å². The van der Waals surface area contributed by atoms with Gasteiger partial charge in [-0.3, -0.25) is 9.48 Å². The highest BCUT2D eigenvalue weighted by Crippen LogP contribution is 2.29. The number of morpholine rings is 1. The number of aromatic nitrogens is 2. The number of sulfonamides is 1. The number of anilines is 1. The molecular formula is C25H36N4O4S. The predicted octanol–water partition coefficient (Wildman–Crippen LogP) is 3.56. The van der Waals surface area contributed by atoms with Gasteiger partial charge >= 0.3 is 0 Å². The summed E-state index contributed by atoms with van der Waals surface area (Å²) in [4.78, 5) is 15.7. The van der Waals surface area contributed by atoms with Crippen molar-refractivity contribution >= 4 is 21.5 Å². The molecular weight excluding hydrogens is 452 g/mol. The minimum absolute atomic E-state index is 0.00875. The summed E-state index contributed by atoms with van der Waals surface area (Å²) in [6.07, 6.45) is 4.76. The standard InChI is InChI=1S/C25H36N4O4S/c1-20-18-21(2)29(26-20)13-7-4-8-25(30)23-19-22(34(31,32)28-11-5-3-6-12-28)9-10-24(23)27-14-16-33-17-15-27/h9-10,18-19H,3-8,11-17H2,1-2H3. The third-order valence-corrected chi connectivity index (χ3v) is 8.59. The molecule has 0 spiro atoms. The number of hydrogen-bond acceptors (Lipinski definition) is 6. The molecule has 0 saturated carbocycles. The lowest BCUT2D eigenvalue weighted by molar-refractivity contribution is 0.0977. The Kier molecular flexibility index (Phi) is 8.06. The average molecular weight is 489 g/mol. The number of ketones is 1. The summed E-state index contributed by atoms with van der Waals surface area (Å²) in [6, 6.07) is 7.13. The highest BCUT2D eigenvalue weighted by atomic mass is 32.2. The molecule has 9 heteroatoms. The monoisotopic (exact) mass is 488 g/mol. The second kappa shape index (κ2) is 11.0. The summed E-state index contributed by atoms with van der Waals surface area (Å²) in [5.41, 5.74) is 3.43. The van der Waals surface area contributed by atoms with Crippen molar-refractivity contribution in [3.8, 4) is 0 Å². The van der Waals surface area contributed by atoms with Gasteiger partial charge in [0.2, 0.25) is 10.0 Å². The fraction of sp³-hybridized carbons (Fsp3) is 0.600. The lowest BCUT2D eigenvalue weighted by atomic mass is 10.0. The van der Waals surface area contributed by atoms with E-state index in [4.69, 9.17) is 4.74 Å². The summed E-state index contributed by atoms with van der Waals surface area (Å²) in [5.74, 6) is -0.00875. The maximum absolute atomic E-state index is 13.4. The molecule has 2 saturated heterocycles. The maximum atomic E-state index is 13.4. The van der Waals surface area contributed by atoms with Crippen LogP contribution in [-0.4, -0.2) is 67.7 Å². The van der Waals surface area contributed by atoms with E-state index in [2.05, 4.69) is 10.00 Å². The van der Waals surface area contributed by atoms with Gasteiger partial charge in [0.25, 0.3) is 0 Å². The van der Waals surface area contributed by atoms with Crippen molar-refractivity contribution in [2.24, 2.45) is 0 Å². The quantitative estimate of drug-likeness (QED) is 0.396. The Balaban J connectivity index is 1.51. The lowest BCUT2D eigenvalue weighted by Crippen LogP contribution is -2.37. The molecule has 2 aliphatic heterocycles. The van der Waals surface area contributed by atoms with E-state index >= 15 is 0 Å². The summed E-state index contributed by atoms with van der Waals surface area (Å²) in [6.45, 7) is 8.46. The van der Waals surface area contributed by atoms with E-state index in [0.29, 0.717) is 51.4 Å². The van der Waals surface area contributed by atoms with Crippen LogP contribution in [0.1, 0.15) is 60.3 Å². The molecule has 0 N–H and O–H groups in total. The Morgan fingerprint density at radius 1 is 1.00 bits per heavy atom. The van der Waals surface area contributed by atoms with Gasteiger partial charge in [0.1, 0.15) is 0 Å². The first-order valence-corrected chi connectivity index (χ1v) is 13.8. The largest absolute Gasteiger partial charge is 0.378 e. The van der Waals surface area contributed by atoms with Gasteiger partial charge in [0.05, 0.1) is 23.8 Å². The maximum Gasteiger partial charge on any atom is 0.243 e. The van der Waals surface area contributed by atoms with Crippen LogP contribution in [0.5, 0.6) is 0 Å². The first-order valence-electron chi connectivity index (χ1n) is 12.4. The van der Waals surface area contributed by atoms with Crippen molar-refractivity contribution in [2.75, 3.05) is 44.3 Å². The van der Waals surface area contributed by atoms with Crippen molar-refractivity contribution < 1.29 is 17.9 Å². The summed E-state index contributed by atoms with van der Waals surface area (Å²) in [5, 5.41) is 4.49. The van der Waals surface area contributed by atoms with Crippen molar-refractivity contribution in [1.82, 2.24) is 14.1 Å². The molecule has 3 heterocycles. The van der Waals surface area contributed by atoms with Crippen LogP contribution in [0.25, 0.3) is 0 Å². The van der Waals surface area contributed by atoms with Crippen molar-refractivity contribution in [3.63, 3.8) is 0 Å². The molecule has 0 amide bonds. The van der Waals surface area contributed by atoms with Crippen LogP contribution < -0.4 is 4.90 Å². The van der Waals surface area contributed by atoms with E-state index in [9.17, 15) is 13.2 Å². The van der Waals surface area contributed by atoms with Gasteiger partial charge in [-0.2, -0.15) is 9.40 Å². The molecule has 2 fully saturated rings. The summed E-state index contributed by atoms with van der Waals surface area (Å²) < 4.78 is 35.6. The molecule has 2 aliphatic rings. The zero-order valence-electron chi connectivity index (χ0n) is 20.3. The van der Waals surface area contributed by atoms with Gasteiger partial charge in [-0.25, -0.2) is 8.42 Å². The van der Waals surface area contributed by atoms with Crippen LogP contribution in [0.4, 0.5) is 5.69 Å². The Morgan fingerprint density at radius 3 is 2.41 bits per heavy atom. The number of aryl methyl sites for hydroxylation is 3. The van der Waals surface area contributed by atoms with E-state index in [0.717, 1.165) is 55.7 Å². The van der Waals surface area contributed by atoms with Gasteiger partial charge in [-0.15, -0.1) is 0 Å². The van der Waals surface area contributed by atoms with E-state index in [1.54, 1.807) is 16.4 Å². The first-order chi connectivity index (χ1) is 16.4. The number of nitrogens with zero attached hydrogens (tertiary/aromatic N) is 4. The molecule has 2 aromatic rings. The number of carbonyl (C=O) groups is 1. The van der Waals surface area contributed by atoms with E-state index in [-0.39, 0.29) is 10.7 Å². The third-order valence-electron chi connectivity index (χ3n) is 6.70. The topological polar surface area (TPSA) is 84.7 Å². The van der Waals surface area contributed by atoms with E-state index in [1.807, 2.05) is 30.7 Å². The van der Waals surface area contributed by atoms with Crippen LogP contribution in [0.2, 0.25) is 0 Å². The summed E-state index contributed by atoms with van der Waals surface area (Å²) in [7, 11) is -3.60. The van der Waals surface area contributed by atoms with E-state index in [1.165, 1.54) is 0 Å². The smallest absolute Gasteiger partial charge is 0.243 e. The van der Waals surface area contributed by atoms with Gasteiger partial charge in [0, 0.05) is 56.1 Å². The van der Waals surface area contributed by atoms with Crippen molar-refractivity contribution in [1.29, 1.82) is 0 Å². The molecule has 4 rings (SSSR count). The van der Waals surface area contributed by atoms with E-state index < -0.39 is 10.0 Å². The molecule has 186 valence electrons. The normalized spacial score (nSPS) is 17.8. The molecule has 0 radical (unpaired) electrons. The minimum atomic E-state index is -3.60. The van der Waals surface area contributed by atoms with Crippen molar-refractivity contribution in [3.05, 3.63) is 41.2 Å². The average Bonchev–Trinajstić information content (AvgIpc) is 3.19. The van der Waals surface area contributed by atoms with Crippen LogP contribution in [0.3, 0.4) is 0 Å². The van der Waals surface area contributed by atoms with Crippen LogP contribution in [-0.2, 0) is 21.3 Å². The van der Waals surface area contributed by atoms with Crippen LogP contribution in [0.15, 0.2) is 29.2 Å². The highest BCUT2D eigenvalue weighted by Gasteiger charge is 2.28. The lowest BCUT2D eigenvalue weighted by Gasteiger charge is -2.31. The molecule has 8 nitrogen and oxygen atoms in total. The number of carbonyl (C=O) groups excluding carboxylic acids is 1. The Hall–Kier alpha value is -2.23. The number of rotatable bonds is 9. The predicted molar refractivity (Wildman–Crippen MR) is 132 cm³/mol. The number of piperidine rings is 1. The Morgan fingerprint density at radius 2 is 1.74 bits per heavy atom. The molecule has 0 unspecified atom stereocenters. The number of unbranched alkanes of at least 4 members (excludes halogenated alkanes) is 1. The molecule has 1 aromatic heterocycles. The zero-order chi connectivity index (χ0) is 24.1. The number of benzene rings is 1. The van der Waals surface area contributed by atoms with Gasteiger partial charge < -0.3 is 9.64 Å².